The van der Waals surface area contributed by atoms with Gasteiger partial charge in [-0.3, -0.25) is 0 Å². The predicted octanol–water partition coefficient (Wildman–Crippen LogP) is 1.80. The summed E-state index contributed by atoms with van der Waals surface area (Å²) in [5.41, 5.74) is 0. The van der Waals surface area contributed by atoms with Gasteiger partial charge in [0.15, 0.2) is 6.10 Å². The summed E-state index contributed by atoms with van der Waals surface area (Å²) in [5.74, 6) is 1.49. The lowest BCUT2D eigenvalue weighted by atomic mass is 9.67. The van der Waals surface area contributed by atoms with Crippen LogP contribution in [-0.4, -0.2) is 80.2 Å². The summed E-state index contributed by atoms with van der Waals surface area (Å²) in [6.07, 6.45) is 13.3. The molecule has 1 heterocycles. The van der Waals surface area contributed by atoms with Crippen LogP contribution in [0.5, 0.6) is 0 Å². The number of rotatable bonds is 9. The van der Waals surface area contributed by atoms with E-state index in [-0.39, 0.29) is 0 Å². The number of carboxylic acid groups (broad SMARTS) is 1. The normalized spacial score (nSPS) is 26.7. The topological polar surface area (TPSA) is 150 Å². The van der Waals surface area contributed by atoms with E-state index in [2.05, 4.69) is 5.32 Å². The average molecular weight is 474 g/mol. The van der Waals surface area contributed by atoms with Crippen molar-refractivity contribution in [3.05, 3.63) is 0 Å². The third-order valence-electron chi connectivity index (χ3n) is 7.99. The Balaban J connectivity index is 0.000000260. The number of aliphatic hydroxyl groups excluding tert-OH is 5. The first-order valence-electron chi connectivity index (χ1n) is 13.1. The van der Waals surface area contributed by atoms with Gasteiger partial charge in [0.05, 0.1) is 6.61 Å². The molecule has 0 radical (unpaired) electrons. The molecule has 1 saturated heterocycles. The molecule has 0 aromatic heterocycles. The van der Waals surface area contributed by atoms with Gasteiger partial charge in [-0.2, -0.15) is 0 Å². The summed E-state index contributed by atoms with van der Waals surface area (Å²) in [6, 6.07) is 0.859. The molecule has 3 fully saturated rings. The lowest BCUT2D eigenvalue weighted by Crippen LogP contribution is -2.48. The fourth-order valence-corrected chi connectivity index (χ4v) is 6.02. The predicted molar refractivity (Wildman–Crippen MR) is 126 cm³/mol. The number of carbonyl (C=O) groups is 1. The van der Waals surface area contributed by atoms with Crippen LogP contribution in [0.4, 0.5) is 0 Å². The zero-order valence-corrected chi connectivity index (χ0v) is 20.0. The highest BCUT2D eigenvalue weighted by Crippen LogP contribution is 2.42. The molecule has 1 aliphatic heterocycles. The van der Waals surface area contributed by atoms with E-state index in [1.54, 1.807) is 25.7 Å². The molecule has 2 saturated carbocycles. The highest BCUT2D eigenvalue weighted by atomic mass is 16.4. The van der Waals surface area contributed by atoms with Crippen LogP contribution in [0.15, 0.2) is 0 Å². The van der Waals surface area contributed by atoms with Gasteiger partial charge in [-0.15, -0.1) is 0 Å². The van der Waals surface area contributed by atoms with Crippen molar-refractivity contribution in [1.82, 2.24) is 5.32 Å². The molecule has 7 N–H and O–H groups in total. The fourth-order valence-electron chi connectivity index (χ4n) is 6.02. The van der Waals surface area contributed by atoms with Gasteiger partial charge in [0, 0.05) is 6.04 Å². The minimum absolute atomic E-state index is 0.843. The van der Waals surface area contributed by atoms with E-state index >= 15 is 0 Å². The maximum Gasteiger partial charge on any atom is 0.335 e. The molecule has 194 valence electrons. The van der Waals surface area contributed by atoms with Gasteiger partial charge in [0.2, 0.25) is 0 Å². The molecule has 2 aliphatic carbocycles. The first kappa shape index (κ1) is 28.5. The van der Waals surface area contributed by atoms with Crippen LogP contribution in [0.1, 0.15) is 89.9 Å². The lowest BCUT2D eigenvalue weighted by Gasteiger charge is -2.40. The largest absolute Gasteiger partial charge is 0.479 e. The molecule has 0 amide bonds. The van der Waals surface area contributed by atoms with Crippen LogP contribution in [0, 0.1) is 17.8 Å². The highest BCUT2D eigenvalue weighted by molar-refractivity contribution is 5.72. The zero-order chi connectivity index (χ0) is 24.2. The summed E-state index contributed by atoms with van der Waals surface area (Å²) < 4.78 is 0. The van der Waals surface area contributed by atoms with E-state index in [0.717, 1.165) is 23.8 Å². The molecule has 8 nitrogen and oxygen atoms in total. The second-order valence-corrected chi connectivity index (χ2v) is 10.4. The Labute approximate surface area is 198 Å². The van der Waals surface area contributed by atoms with E-state index in [9.17, 15) is 4.79 Å². The third-order valence-corrected chi connectivity index (χ3v) is 7.99. The van der Waals surface area contributed by atoms with Crippen molar-refractivity contribution in [3.8, 4) is 0 Å². The minimum atomic E-state index is -2.20. The van der Waals surface area contributed by atoms with Gasteiger partial charge in [-0.25, -0.2) is 4.79 Å². The van der Waals surface area contributed by atoms with Crippen molar-refractivity contribution in [2.75, 3.05) is 13.2 Å². The van der Waals surface area contributed by atoms with Crippen molar-refractivity contribution in [2.45, 2.75) is 120 Å². The Morgan fingerprint density at radius 1 is 0.758 bits per heavy atom. The Kier molecular flexibility index (Phi) is 13.2. The molecule has 0 spiro atoms. The highest BCUT2D eigenvalue weighted by Gasteiger charge is 2.34. The van der Waals surface area contributed by atoms with Gasteiger partial charge < -0.3 is 36.0 Å². The molecule has 0 bridgehead atoms. The van der Waals surface area contributed by atoms with Crippen LogP contribution in [0.2, 0.25) is 0 Å². The second kappa shape index (κ2) is 15.3. The molecule has 0 aromatic carbocycles. The number of hydrogen-bond donors (Lipinski definition) is 7. The second-order valence-electron chi connectivity index (χ2n) is 10.4. The van der Waals surface area contributed by atoms with Crippen LogP contribution < -0.4 is 5.32 Å². The number of aliphatic carboxylic acids is 1. The molecule has 8 heteroatoms. The molecule has 1 unspecified atom stereocenters. The summed E-state index contributed by atoms with van der Waals surface area (Å²) in [6.45, 7) is 0.442. The van der Waals surface area contributed by atoms with E-state index in [0.29, 0.717) is 0 Å². The summed E-state index contributed by atoms with van der Waals surface area (Å²) >= 11 is 0. The maximum absolute atomic E-state index is 10.1. The third kappa shape index (κ3) is 9.42. The van der Waals surface area contributed by atoms with Crippen LogP contribution in [-0.2, 0) is 4.79 Å². The molecule has 5 atom stereocenters. The van der Waals surface area contributed by atoms with Crippen molar-refractivity contribution < 1.29 is 35.4 Å². The Morgan fingerprint density at radius 3 is 1.70 bits per heavy atom. The number of aliphatic hydroxyl groups is 5. The average Bonchev–Trinajstić information content (AvgIpc) is 2.87. The van der Waals surface area contributed by atoms with Crippen LogP contribution in [0.3, 0.4) is 0 Å². The van der Waals surface area contributed by atoms with Crippen molar-refractivity contribution in [3.63, 3.8) is 0 Å². The van der Waals surface area contributed by atoms with Gasteiger partial charge in [0.25, 0.3) is 0 Å². The van der Waals surface area contributed by atoms with Gasteiger partial charge in [0.1, 0.15) is 18.3 Å². The van der Waals surface area contributed by atoms with Gasteiger partial charge >= 0.3 is 5.97 Å². The summed E-state index contributed by atoms with van der Waals surface area (Å²) in [4.78, 5) is 10.1. The summed E-state index contributed by atoms with van der Waals surface area (Å²) in [5, 5.41) is 55.6. The zero-order valence-electron chi connectivity index (χ0n) is 20.0. The Morgan fingerprint density at radius 2 is 1.27 bits per heavy atom. The first-order chi connectivity index (χ1) is 15.8. The number of hydrogen-bond acceptors (Lipinski definition) is 7. The van der Waals surface area contributed by atoms with Gasteiger partial charge in [-0.05, 0) is 43.6 Å². The minimum Gasteiger partial charge on any atom is -0.479 e. The molecule has 3 aliphatic rings. The van der Waals surface area contributed by atoms with Crippen LogP contribution >= 0.6 is 0 Å². The Hall–Kier alpha value is -0.770. The van der Waals surface area contributed by atoms with Gasteiger partial charge in [-0.1, -0.05) is 70.6 Å². The van der Waals surface area contributed by atoms with Crippen molar-refractivity contribution in [2.24, 2.45) is 17.8 Å². The smallest absolute Gasteiger partial charge is 0.335 e. The molecule has 3 rings (SSSR count). The van der Waals surface area contributed by atoms with Crippen molar-refractivity contribution >= 4 is 5.97 Å². The van der Waals surface area contributed by atoms with E-state index in [4.69, 9.17) is 30.6 Å². The quantitative estimate of drug-likeness (QED) is 0.268. The maximum atomic E-state index is 10.1. The van der Waals surface area contributed by atoms with E-state index in [1.807, 2.05) is 0 Å². The number of nitrogens with one attached hydrogen (secondary N) is 1. The van der Waals surface area contributed by atoms with E-state index < -0.39 is 37.0 Å². The van der Waals surface area contributed by atoms with E-state index in [1.165, 1.54) is 70.8 Å². The molecular weight excluding hydrogens is 426 g/mol. The fraction of sp³-hybridized carbons (Fsp3) is 0.960. The standard InChI is InChI=1S/C19H35N.C6H12O7/c1-3-9-16(10-4-1)19(17-11-5-2-6-12-17)15-18-13-7-8-14-20-18;7-1-2(8)3(9)4(10)5(11)6(12)13/h16-20H,1-15H2;2-5,7-11H,1H2,(H,12,13)/t;2-,3-,4+,5-/m.1/s1. The number of piperidine rings is 1. The first-order valence-corrected chi connectivity index (χ1v) is 13.1. The van der Waals surface area contributed by atoms with Crippen LogP contribution in [0.25, 0.3) is 0 Å². The number of carboxylic acids is 1. The molecule has 0 aromatic rings. The SMILES string of the molecule is C1CCC(C(CC2CCCCN2)C2CCCCC2)CC1.O=C(O)[C@H](O)[C@@H](O)[C@H](O)[C@H](O)CO. The van der Waals surface area contributed by atoms with Crippen molar-refractivity contribution in [1.29, 1.82) is 0 Å². The molecule has 33 heavy (non-hydrogen) atoms. The Bertz CT molecular complexity index is 513. The molecular formula is C25H47NO7. The monoisotopic (exact) mass is 473 g/mol. The summed E-state index contributed by atoms with van der Waals surface area (Å²) in [7, 11) is 0. The lowest BCUT2D eigenvalue weighted by molar-refractivity contribution is -0.164.